The molecule has 8 rings (SSSR count). The summed E-state index contributed by atoms with van der Waals surface area (Å²) in [6.45, 7) is 3.47. The van der Waals surface area contributed by atoms with Crippen LogP contribution in [0.15, 0.2) is 48.5 Å². The van der Waals surface area contributed by atoms with Crippen molar-refractivity contribution in [3.8, 4) is 28.7 Å². The number of fused-ring (bicyclic) bond motifs is 4. The van der Waals surface area contributed by atoms with Gasteiger partial charge in [0.1, 0.15) is 30.2 Å². The van der Waals surface area contributed by atoms with Gasteiger partial charge in [0.05, 0.1) is 37.3 Å². The number of nitro benzene ring substituents is 1. The number of non-ortho nitro benzene ring substituents is 1. The Bertz CT molecular complexity index is 1930. The number of carbonyl (C=O) groups excluding carboxylic acids is 2. The number of methoxy groups -OCH3 is 1. The van der Waals surface area contributed by atoms with Crippen LogP contribution in [-0.4, -0.2) is 91.4 Å². The summed E-state index contributed by atoms with van der Waals surface area (Å²) in [7, 11) is 1.40. The summed E-state index contributed by atoms with van der Waals surface area (Å²) in [6, 6.07) is 11.9. The van der Waals surface area contributed by atoms with E-state index in [2.05, 4.69) is 0 Å². The van der Waals surface area contributed by atoms with Crippen molar-refractivity contribution in [3.05, 3.63) is 80.9 Å². The van der Waals surface area contributed by atoms with E-state index in [4.69, 9.17) is 47.4 Å². The lowest BCUT2D eigenvalue weighted by Gasteiger charge is -2.47. The van der Waals surface area contributed by atoms with E-state index in [1.54, 1.807) is 38.1 Å². The summed E-state index contributed by atoms with van der Waals surface area (Å²) >= 11 is 0. The second kappa shape index (κ2) is 13.7. The smallest absolute Gasteiger partial charge is 0.493 e. The fourth-order valence-corrected chi connectivity index (χ4v) is 7.71. The van der Waals surface area contributed by atoms with Crippen LogP contribution in [0.1, 0.15) is 41.2 Å². The molecule has 4 heterocycles. The summed E-state index contributed by atoms with van der Waals surface area (Å²) in [5.41, 5.74) is 2.20. The molecule has 17 nitrogen and oxygen atoms in total. The van der Waals surface area contributed by atoms with Crippen molar-refractivity contribution < 1.29 is 72.1 Å². The predicted octanol–water partition coefficient (Wildman–Crippen LogP) is 3.42. The van der Waals surface area contributed by atoms with Gasteiger partial charge in [-0.05, 0) is 66.4 Å². The van der Waals surface area contributed by atoms with Crippen LogP contribution in [0.3, 0.4) is 0 Å². The highest BCUT2D eigenvalue weighted by Crippen LogP contribution is 2.56. The van der Waals surface area contributed by atoms with Gasteiger partial charge in [0, 0.05) is 24.0 Å². The zero-order valence-corrected chi connectivity index (χ0v) is 28.6. The maximum Gasteiger partial charge on any atom is 0.519 e. The van der Waals surface area contributed by atoms with Gasteiger partial charge in [-0.2, -0.15) is 0 Å². The fraction of sp³-hybridized carbons (Fsp3) is 0.444. The number of cyclic esters (lactones) is 1. The number of rotatable bonds is 7. The normalized spacial score (nSPS) is 31.1. The van der Waals surface area contributed by atoms with Crippen molar-refractivity contribution in [2.75, 3.05) is 27.1 Å². The van der Waals surface area contributed by atoms with Crippen molar-refractivity contribution in [2.45, 2.75) is 62.9 Å². The van der Waals surface area contributed by atoms with Gasteiger partial charge in [-0.1, -0.05) is 6.07 Å². The largest absolute Gasteiger partial charge is 0.519 e. The average molecular weight is 738 g/mol. The molecule has 0 bridgehead atoms. The SMILES string of the molecule is COc1cc([C@@H]2c3cc4c(cc3C(OC3O[C@@H]5CO[C@@H](C)O[C@H]5[C@H](O)[C@H]3O)[C@H]3COC(=O)[C@H]23)OCO4)cc(C)c1OC(=O)Oc1ccc([N+](=O)[O-])cc1. The number of aliphatic hydroxyl groups is 2. The molecule has 2 unspecified atom stereocenters. The molecular weight excluding hydrogens is 702 g/mol. The zero-order valence-electron chi connectivity index (χ0n) is 28.6. The molecule has 280 valence electrons. The van der Waals surface area contributed by atoms with Gasteiger partial charge in [0.15, 0.2) is 35.6 Å². The first-order chi connectivity index (χ1) is 25.5. The van der Waals surface area contributed by atoms with E-state index in [1.165, 1.54) is 31.4 Å². The van der Waals surface area contributed by atoms with E-state index in [1.807, 2.05) is 0 Å². The van der Waals surface area contributed by atoms with Crippen molar-refractivity contribution in [1.82, 2.24) is 0 Å². The fourth-order valence-electron chi connectivity index (χ4n) is 7.71. The first-order valence-corrected chi connectivity index (χ1v) is 16.9. The Morgan fingerprint density at radius 2 is 1.68 bits per heavy atom. The number of ether oxygens (including phenoxy) is 10. The number of benzene rings is 3. The average Bonchev–Trinajstić information content (AvgIpc) is 3.77. The van der Waals surface area contributed by atoms with Gasteiger partial charge in [0.2, 0.25) is 6.79 Å². The van der Waals surface area contributed by atoms with Crippen molar-refractivity contribution >= 4 is 17.8 Å². The Hall–Kier alpha value is -5.04. The predicted molar refractivity (Wildman–Crippen MR) is 175 cm³/mol. The summed E-state index contributed by atoms with van der Waals surface area (Å²) in [5.74, 6) is -1.33. The summed E-state index contributed by atoms with van der Waals surface area (Å²) < 4.78 is 57.4. The topological polar surface area (TPSA) is 210 Å². The molecule has 53 heavy (non-hydrogen) atoms. The Morgan fingerprint density at radius 3 is 2.40 bits per heavy atom. The van der Waals surface area contributed by atoms with Crippen LogP contribution in [0.2, 0.25) is 0 Å². The van der Waals surface area contributed by atoms with Gasteiger partial charge in [-0.3, -0.25) is 14.9 Å². The van der Waals surface area contributed by atoms with Gasteiger partial charge in [-0.15, -0.1) is 0 Å². The van der Waals surface area contributed by atoms with E-state index >= 15 is 0 Å². The second-order valence-electron chi connectivity index (χ2n) is 13.3. The van der Waals surface area contributed by atoms with Crippen molar-refractivity contribution in [2.24, 2.45) is 11.8 Å². The number of hydrogen-bond acceptors (Lipinski definition) is 16. The van der Waals surface area contributed by atoms with E-state index in [0.29, 0.717) is 33.8 Å². The molecule has 5 aliphatic rings. The van der Waals surface area contributed by atoms with E-state index in [-0.39, 0.29) is 42.9 Å². The number of aliphatic hydroxyl groups excluding tert-OH is 2. The molecule has 0 aromatic heterocycles. The standard InChI is InChI=1S/C36H35NO16/c1-15-8-17(9-25(44-3)31(15)53-36(41)50-19-6-4-18(5-7-19)37(42)43)27-20-10-23-24(48-14-47-23)11-21(20)32(22-12-46-34(40)28(22)27)52-35-30(39)29(38)33-26(51-35)13-45-16(2)49-33/h4-11,16,22,26-30,32-33,35,38-39H,12-14H2,1-3H3/t16-,22+,26-,27-,28+,29-,30-,32?,33-,35?/m1/s1. The monoisotopic (exact) mass is 737 g/mol. The van der Waals surface area contributed by atoms with Crippen LogP contribution in [0.4, 0.5) is 10.5 Å². The van der Waals surface area contributed by atoms with E-state index < -0.39 is 77.9 Å². The first-order valence-electron chi connectivity index (χ1n) is 16.9. The zero-order chi connectivity index (χ0) is 37.1. The molecule has 3 fully saturated rings. The number of carbonyl (C=O) groups is 2. The van der Waals surface area contributed by atoms with Crippen LogP contribution in [0.25, 0.3) is 0 Å². The van der Waals surface area contributed by atoms with Gasteiger partial charge >= 0.3 is 12.1 Å². The number of nitrogens with zero attached hydrogens (tertiary/aromatic N) is 1. The molecule has 3 aromatic carbocycles. The third-order valence-electron chi connectivity index (χ3n) is 10.2. The lowest BCUT2D eigenvalue weighted by atomic mass is 9.66. The van der Waals surface area contributed by atoms with Crippen LogP contribution in [0, 0.1) is 28.9 Å². The van der Waals surface area contributed by atoms with Crippen LogP contribution in [-0.2, 0) is 28.5 Å². The highest BCUT2D eigenvalue weighted by Gasteiger charge is 2.56. The third kappa shape index (κ3) is 6.28. The lowest BCUT2D eigenvalue weighted by molar-refractivity contribution is -0.384. The van der Waals surface area contributed by atoms with Crippen LogP contribution in [0.5, 0.6) is 28.7 Å². The molecule has 2 N–H and O–H groups in total. The molecule has 1 aliphatic carbocycles. The minimum absolute atomic E-state index is 0.00843. The van der Waals surface area contributed by atoms with Gasteiger partial charge in [0.25, 0.3) is 5.69 Å². The minimum atomic E-state index is -1.49. The Balaban J connectivity index is 1.12. The molecule has 0 spiro atoms. The van der Waals surface area contributed by atoms with Crippen LogP contribution >= 0.6 is 0 Å². The second-order valence-corrected chi connectivity index (χ2v) is 13.3. The lowest BCUT2D eigenvalue weighted by Crippen LogP contribution is -2.63. The summed E-state index contributed by atoms with van der Waals surface area (Å²) in [5, 5.41) is 33.1. The molecule has 3 aromatic rings. The Kier molecular flexibility index (Phi) is 9.08. The number of aryl methyl sites for hydroxylation is 1. The molecule has 0 saturated carbocycles. The maximum absolute atomic E-state index is 13.7. The maximum atomic E-state index is 13.7. The molecule has 3 saturated heterocycles. The first kappa shape index (κ1) is 35.0. The number of nitro groups is 1. The van der Waals surface area contributed by atoms with Crippen LogP contribution < -0.4 is 23.7 Å². The highest BCUT2D eigenvalue weighted by molar-refractivity contribution is 5.79. The number of hydrogen-bond donors (Lipinski definition) is 2. The molecule has 0 radical (unpaired) electrons. The molecular formula is C36H35NO16. The highest BCUT2D eigenvalue weighted by atomic mass is 16.8. The Morgan fingerprint density at radius 1 is 0.943 bits per heavy atom. The molecule has 10 atom stereocenters. The molecule has 4 aliphatic heterocycles. The molecule has 17 heteroatoms. The Labute approximate surface area is 301 Å². The third-order valence-corrected chi connectivity index (χ3v) is 10.2. The quantitative estimate of drug-likeness (QED) is 0.154. The molecule has 0 amide bonds. The summed E-state index contributed by atoms with van der Waals surface area (Å²) in [6.07, 6.45) is -8.24. The van der Waals surface area contributed by atoms with Gasteiger partial charge < -0.3 is 57.6 Å². The van der Waals surface area contributed by atoms with Crippen molar-refractivity contribution in [3.63, 3.8) is 0 Å². The van der Waals surface area contributed by atoms with Gasteiger partial charge in [-0.25, -0.2) is 4.79 Å². The van der Waals surface area contributed by atoms with E-state index in [9.17, 15) is 29.9 Å². The number of esters is 1. The van der Waals surface area contributed by atoms with E-state index in [0.717, 1.165) is 0 Å². The minimum Gasteiger partial charge on any atom is -0.493 e. The van der Waals surface area contributed by atoms with Crippen molar-refractivity contribution in [1.29, 1.82) is 0 Å². The summed E-state index contributed by atoms with van der Waals surface area (Å²) in [4.78, 5) is 36.9.